The van der Waals surface area contributed by atoms with E-state index in [1.807, 2.05) is 0 Å². The van der Waals surface area contributed by atoms with Crippen LogP contribution in [0.25, 0.3) is 6.08 Å². The van der Waals surface area contributed by atoms with Crippen LogP contribution in [0.5, 0.6) is 5.75 Å². The van der Waals surface area contributed by atoms with Gasteiger partial charge in [0.25, 0.3) is 0 Å². The third-order valence-electron chi connectivity index (χ3n) is 1.29. The van der Waals surface area contributed by atoms with Crippen LogP contribution in [0.4, 0.5) is 0 Å². The van der Waals surface area contributed by atoms with Crippen LogP contribution in [-0.2, 0) is 4.79 Å². The molecule has 1 aromatic carbocycles. The minimum absolute atomic E-state index is 0.127. The van der Waals surface area contributed by atoms with E-state index in [1.54, 1.807) is 12.1 Å². The first-order valence-corrected chi connectivity index (χ1v) is 3.38. The van der Waals surface area contributed by atoms with E-state index in [0.717, 1.165) is 6.08 Å². The Hall–Kier alpha value is -1.77. The normalized spacial score (nSPS) is 10.3. The van der Waals surface area contributed by atoms with Crippen LogP contribution in [0, 0.1) is 0 Å². The van der Waals surface area contributed by atoms with Crippen molar-refractivity contribution in [1.82, 2.24) is 0 Å². The first-order valence-electron chi connectivity index (χ1n) is 3.38. The predicted octanol–water partition coefficient (Wildman–Crippen LogP) is 1.49. The Morgan fingerprint density at radius 1 is 1.42 bits per heavy atom. The molecule has 0 fully saturated rings. The molecule has 0 radical (unpaired) electrons. The second-order valence-corrected chi connectivity index (χ2v) is 2.27. The Balaban J connectivity index is 2.83. The van der Waals surface area contributed by atoms with E-state index < -0.39 is 5.97 Å². The Morgan fingerprint density at radius 2 is 2.17 bits per heavy atom. The van der Waals surface area contributed by atoms with Crippen LogP contribution in [0.1, 0.15) is 5.56 Å². The van der Waals surface area contributed by atoms with Crippen LogP contribution in [0.2, 0.25) is 0 Å². The highest BCUT2D eigenvalue weighted by Gasteiger charge is 1.90. The highest BCUT2D eigenvalue weighted by Crippen LogP contribution is 2.11. The predicted molar refractivity (Wildman–Crippen MR) is 44.8 cm³/mol. The van der Waals surface area contributed by atoms with E-state index in [4.69, 9.17) is 10.2 Å². The molecule has 0 spiro atoms. The highest BCUT2D eigenvalue weighted by molar-refractivity contribution is 5.85. The SMILES string of the molecule is O=C(O)C=C[13c]1ccc[13c](O)[13cH]1. The van der Waals surface area contributed by atoms with Crippen LogP contribution in [0.15, 0.2) is 30.3 Å². The lowest BCUT2D eigenvalue weighted by molar-refractivity contribution is -0.131. The fourth-order valence-corrected chi connectivity index (χ4v) is 0.796. The zero-order valence-corrected chi connectivity index (χ0v) is 6.27. The van der Waals surface area contributed by atoms with Crippen molar-refractivity contribution >= 4 is 12.0 Å². The van der Waals surface area contributed by atoms with Gasteiger partial charge < -0.3 is 10.2 Å². The molecule has 0 heterocycles. The molecule has 1 rings (SSSR count). The summed E-state index contributed by atoms with van der Waals surface area (Å²) in [6, 6.07) is 6.37. The van der Waals surface area contributed by atoms with Crippen molar-refractivity contribution in [1.29, 1.82) is 0 Å². The second-order valence-electron chi connectivity index (χ2n) is 2.27. The van der Waals surface area contributed by atoms with Gasteiger partial charge in [0, 0.05) is 6.08 Å². The summed E-state index contributed by atoms with van der Waals surface area (Å²) in [7, 11) is 0. The summed E-state index contributed by atoms with van der Waals surface area (Å²) in [5.41, 5.74) is 0.664. The molecule has 0 unspecified atom stereocenters. The average Bonchev–Trinajstić information content (AvgIpc) is 2.01. The van der Waals surface area contributed by atoms with Gasteiger partial charge in [0.1, 0.15) is 5.75 Å². The van der Waals surface area contributed by atoms with Crippen LogP contribution in [0.3, 0.4) is 0 Å². The third-order valence-corrected chi connectivity index (χ3v) is 1.29. The molecule has 0 aliphatic carbocycles. The summed E-state index contributed by atoms with van der Waals surface area (Å²) in [6.45, 7) is 0. The standard InChI is InChI=1S/C9H8O3/c10-8-3-1-2-7(6-8)4-5-9(11)12/h1-6,10H,(H,11,12)/i6+1,7+1,8+1. The average molecular weight is 167 g/mol. The number of benzene rings is 1. The molecule has 12 heavy (non-hydrogen) atoms. The molecule has 1 aromatic rings. The van der Waals surface area contributed by atoms with Crippen molar-refractivity contribution in [3.8, 4) is 5.75 Å². The Labute approximate surface area is 69.6 Å². The smallest absolute Gasteiger partial charge is 0.328 e. The number of hydrogen-bond acceptors (Lipinski definition) is 2. The monoisotopic (exact) mass is 167 g/mol. The molecule has 62 valence electrons. The largest absolute Gasteiger partial charge is 0.508 e. The Morgan fingerprint density at radius 3 is 2.75 bits per heavy atom. The molecule has 0 amide bonds. The number of phenols is 1. The van der Waals surface area contributed by atoms with Gasteiger partial charge in [0.05, 0.1) is 0 Å². The molecule has 3 heteroatoms. The van der Waals surface area contributed by atoms with Gasteiger partial charge >= 0.3 is 5.97 Å². The number of phenolic OH excluding ortho intramolecular Hbond substituents is 1. The first-order chi connectivity index (χ1) is 5.68. The topological polar surface area (TPSA) is 57.5 Å². The molecule has 0 saturated heterocycles. The number of aromatic hydroxyl groups is 1. The molecular weight excluding hydrogens is 159 g/mol. The van der Waals surface area contributed by atoms with Crippen LogP contribution < -0.4 is 0 Å². The number of aliphatic carboxylic acids is 1. The van der Waals surface area contributed by atoms with Gasteiger partial charge in [-0.3, -0.25) is 0 Å². The van der Waals surface area contributed by atoms with Crippen molar-refractivity contribution < 1.29 is 15.0 Å². The minimum Gasteiger partial charge on any atom is -0.508 e. The van der Waals surface area contributed by atoms with E-state index >= 15 is 0 Å². The number of hydrogen-bond donors (Lipinski definition) is 2. The molecule has 0 saturated carbocycles. The van der Waals surface area contributed by atoms with Gasteiger partial charge in [0.15, 0.2) is 0 Å². The van der Waals surface area contributed by atoms with Gasteiger partial charge in [0.2, 0.25) is 0 Å². The van der Waals surface area contributed by atoms with Crippen molar-refractivity contribution in [2.45, 2.75) is 0 Å². The quantitative estimate of drug-likeness (QED) is 0.656. The second kappa shape index (κ2) is 3.57. The van der Waals surface area contributed by atoms with E-state index in [-0.39, 0.29) is 5.75 Å². The maximum absolute atomic E-state index is 10.1. The lowest BCUT2D eigenvalue weighted by Crippen LogP contribution is -1.85. The Kier molecular flexibility index (Phi) is 2.48. The number of carboxylic acids is 1. The zero-order valence-electron chi connectivity index (χ0n) is 6.27. The van der Waals surface area contributed by atoms with Crippen molar-refractivity contribution in [3.05, 3.63) is 35.9 Å². The summed E-state index contributed by atoms with van der Waals surface area (Å²) in [6.07, 6.45) is 2.44. The van der Waals surface area contributed by atoms with Gasteiger partial charge in [-0.25, -0.2) is 4.79 Å². The lowest BCUT2D eigenvalue weighted by atomic mass is 10.5. The number of rotatable bonds is 2. The Bertz CT molecular complexity index is 315. The van der Waals surface area contributed by atoms with Gasteiger partial charge in [-0.2, -0.15) is 0 Å². The summed E-state index contributed by atoms with van der Waals surface area (Å²) in [5.74, 6) is -0.874. The fraction of sp³-hybridized carbons (Fsp3) is 0. The lowest BCUT2D eigenvalue weighted by Gasteiger charge is -1.92. The van der Waals surface area contributed by atoms with Crippen LogP contribution in [-0.4, -0.2) is 16.2 Å². The van der Waals surface area contributed by atoms with E-state index in [1.165, 1.54) is 18.2 Å². The molecular formula is C9H8O3. The van der Waals surface area contributed by atoms with Gasteiger partial charge in [-0.15, -0.1) is 0 Å². The molecule has 0 aliphatic rings. The molecule has 0 atom stereocenters. The van der Waals surface area contributed by atoms with E-state index in [0.29, 0.717) is 5.56 Å². The first kappa shape index (κ1) is 8.33. The van der Waals surface area contributed by atoms with E-state index in [9.17, 15) is 4.79 Å². The molecule has 0 aromatic heterocycles. The number of carboxylic acid groups (broad SMARTS) is 1. The summed E-state index contributed by atoms with van der Waals surface area (Å²) >= 11 is 0. The third kappa shape index (κ3) is 2.46. The minimum atomic E-state index is -1.00. The molecule has 3 nitrogen and oxygen atoms in total. The van der Waals surface area contributed by atoms with E-state index in [2.05, 4.69) is 0 Å². The summed E-state index contributed by atoms with van der Waals surface area (Å²) in [5, 5.41) is 17.3. The van der Waals surface area contributed by atoms with Crippen molar-refractivity contribution in [3.63, 3.8) is 0 Å². The van der Waals surface area contributed by atoms with Crippen molar-refractivity contribution in [2.75, 3.05) is 0 Å². The van der Waals surface area contributed by atoms with Crippen molar-refractivity contribution in [2.24, 2.45) is 0 Å². The van der Waals surface area contributed by atoms with Gasteiger partial charge in [-0.05, 0) is 23.8 Å². The fourth-order valence-electron chi connectivity index (χ4n) is 0.796. The summed E-state index contributed by atoms with van der Waals surface area (Å²) in [4.78, 5) is 10.1. The zero-order chi connectivity index (χ0) is 8.97. The molecule has 0 bridgehead atoms. The molecule has 2 N–H and O–H groups in total. The molecule has 0 aliphatic heterocycles. The maximum Gasteiger partial charge on any atom is 0.328 e. The summed E-state index contributed by atoms with van der Waals surface area (Å²) < 4.78 is 0. The number of carbonyl (C=O) groups is 1. The highest BCUT2D eigenvalue weighted by atomic mass is 16.4. The van der Waals surface area contributed by atoms with Crippen LogP contribution >= 0.6 is 0 Å². The van der Waals surface area contributed by atoms with Gasteiger partial charge in [-0.1, -0.05) is 12.1 Å². The maximum atomic E-state index is 10.1.